The van der Waals surface area contributed by atoms with Crippen LogP contribution in [0.15, 0.2) is 39.6 Å². The van der Waals surface area contributed by atoms with E-state index in [2.05, 4.69) is 10.3 Å². The van der Waals surface area contributed by atoms with Gasteiger partial charge in [0.25, 0.3) is 5.56 Å². The lowest BCUT2D eigenvalue weighted by Gasteiger charge is -2.08. The maximum atomic E-state index is 12.4. The van der Waals surface area contributed by atoms with E-state index in [9.17, 15) is 4.79 Å². The molecule has 0 aliphatic heterocycles. The molecule has 3 aromatic rings. The van der Waals surface area contributed by atoms with Crippen LogP contribution in [0.3, 0.4) is 0 Å². The van der Waals surface area contributed by atoms with Crippen LogP contribution in [0.2, 0.25) is 0 Å². The highest BCUT2D eigenvalue weighted by Crippen LogP contribution is 2.21. The molecule has 0 N–H and O–H groups in total. The van der Waals surface area contributed by atoms with Gasteiger partial charge in [-0.25, -0.2) is 4.68 Å². The molecule has 1 aromatic carbocycles. The average Bonchev–Trinajstić information content (AvgIpc) is 2.94. The molecular weight excluding hydrogens is 278 g/mol. The van der Waals surface area contributed by atoms with Gasteiger partial charge in [0.05, 0.1) is 17.1 Å². The van der Waals surface area contributed by atoms with Crippen LogP contribution in [0.4, 0.5) is 0 Å². The smallest absolute Gasteiger partial charge is 0.297 e. The van der Waals surface area contributed by atoms with Gasteiger partial charge in [0.1, 0.15) is 0 Å². The quantitative estimate of drug-likeness (QED) is 0.742. The summed E-state index contributed by atoms with van der Waals surface area (Å²) in [4.78, 5) is 12.4. The Balaban J connectivity index is 2.12. The van der Waals surface area contributed by atoms with Gasteiger partial charge in [-0.15, -0.1) is 0 Å². The van der Waals surface area contributed by atoms with Crippen LogP contribution in [0, 0.1) is 6.92 Å². The monoisotopic (exact) mass is 295 g/mol. The number of fused-ring (bicyclic) bond motifs is 1. The van der Waals surface area contributed by atoms with Crippen molar-refractivity contribution in [3.05, 3.63) is 57.7 Å². The molecule has 0 saturated heterocycles. The zero-order valence-corrected chi connectivity index (χ0v) is 12.8. The molecule has 5 heteroatoms. The van der Waals surface area contributed by atoms with Crippen LogP contribution in [-0.2, 0) is 0 Å². The third kappa shape index (κ3) is 2.45. The summed E-state index contributed by atoms with van der Waals surface area (Å²) in [6, 6.07) is 9.86. The Bertz CT molecular complexity index is 889. The molecule has 112 valence electrons. The first-order chi connectivity index (χ1) is 10.6. The molecule has 0 bridgehead atoms. The van der Waals surface area contributed by atoms with E-state index in [1.54, 1.807) is 0 Å². The topological polar surface area (TPSA) is 60.9 Å². The lowest BCUT2D eigenvalue weighted by molar-refractivity contribution is 0.419. The molecule has 0 saturated carbocycles. The lowest BCUT2D eigenvalue weighted by Crippen LogP contribution is -2.25. The molecule has 22 heavy (non-hydrogen) atoms. The summed E-state index contributed by atoms with van der Waals surface area (Å²) >= 11 is 0. The van der Waals surface area contributed by atoms with E-state index in [4.69, 9.17) is 4.52 Å². The fraction of sp³-hybridized carbons (Fsp3) is 0.235. The summed E-state index contributed by atoms with van der Waals surface area (Å²) < 4.78 is 6.78. The first kappa shape index (κ1) is 14.3. The number of nitrogens with zero attached hydrogens (tertiary/aromatic N) is 3. The number of aromatic nitrogens is 3. The summed E-state index contributed by atoms with van der Waals surface area (Å²) in [7, 11) is 0. The van der Waals surface area contributed by atoms with Crippen molar-refractivity contribution < 1.29 is 4.52 Å². The second-order valence-corrected chi connectivity index (χ2v) is 5.44. The highest BCUT2D eigenvalue weighted by molar-refractivity contribution is 5.89. The number of aryl methyl sites for hydroxylation is 1. The molecule has 0 spiro atoms. The van der Waals surface area contributed by atoms with Crippen molar-refractivity contribution in [2.45, 2.75) is 26.8 Å². The normalized spacial score (nSPS) is 11.8. The first-order valence-electron chi connectivity index (χ1n) is 7.20. The maximum absolute atomic E-state index is 12.4. The Morgan fingerprint density at radius 2 is 1.91 bits per heavy atom. The van der Waals surface area contributed by atoms with Gasteiger partial charge >= 0.3 is 0 Å². The van der Waals surface area contributed by atoms with E-state index in [-0.39, 0.29) is 11.6 Å². The summed E-state index contributed by atoms with van der Waals surface area (Å²) in [6.45, 7) is 5.68. The summed E-state index contributed by atoms with van der Waals surface area (Å²) in [5.41, 5.74) is 1.89. The third-order valence-corrected chi connectivity index (χ3v) is 3.46. The number of hydrogen-bond donors (Lipinski definition) is 0. The molecule has 0 aliphatic carbocycles. The minimum atomic E-state index is -0.223. The zero-order valence-electron chi connectivity index (χ0n) is 12.8. The van der Waals surface area contributed by atoms with Gasteiger partial charge in [-0.05, 0) is 32.4 Å². The van der Waals surface area contributed by atoms with Crippen LogP contribution in [0.1, 0.15) is 36.9 Å². The van der Waals surface area contributed by atoms with Gasteiger partial charge in [0.2, 0.25) is 0 Å². The fourth-order valence-corrected chi connectivity index (χ4v) is 2.36. The Morgan fingerprint density at radius 3 is 2.59 bits per heavy atom. The average molecular weight is 295 g/mol. The molecule has 5 nitrogen and oxygen atoms in total. The molecule has 0 unspecified atom stereocenters. The van der Waals surface area contributed by atoms with Crippen molar-refractivity contribution in [1.29, 1.82) is 0 Å². The predicted octanol–water partition coefficient (Wildman–Crippen LogP) is 3.44. The Morgan fingerprint density at radius 1 is 1.18 bits per heavy atom. The first-order valence-corrected chi connectivity index (χ1v) is 7.20. The third-order valence-electron chi connectivity index (χ3n) is 3.46. The van der Waals surface area contributed by atoms with E-state index < -0.39 is 0 Å². The van der Waals surface area contributed by atoms with E-state index in [0.29, 0.717) is 16.7 Å². The van der Waals surface area contributed by atoms with Gasteiger partial charge in [0, 0.05) is 0 Å². The largest absolute Gasteiger partial charge is 0.355 e. The Labute approximate surface area is 127 Å². The van der Waals surface area contributed by atoms with E-state index in [1.807, 2.05) is 63.3 Å². The SMILES string of the molecule is Cc1nn(C(C)C)c(=O)c2noc(/C=C/c3ccccc3)c12. The minimum Gasteiger partial charge on any atom is -0.355 e. The summed E-state index contributed by atoms with van der Waals surface area (Å²) in [5, 5.41) is 8.97. The standard InChI is InChI=1S/C17H17N3O2/c1-11(2)20-17(21)16-15(12(3)18-20)14(22-19-16)10-9-13-7-5-4-6-8-13/h4-11H,1-3H3/b10-9+. The second-order valence-electron chi connectivity index (χ2n) is 5.44. The van der Waals surface area contributed by atoms with Gasteiger partial charge < -0.3 is 4.52 Å². The molecule has 0 radical (unpaired) electrons. The van der Waals surface area contributed by atoms with Crippen molar-refractivity contribution >= 4 is 23.1 Å². The number of hydrogen-bond acceptors (Lipinski definition) is 4. The lowest BCUT2D eigenvalue weighted by atomic mass is 10.1. The summed E-state index contributed by atoms with van der Waals surface area (Å²) in [5.74, 6) is 0.553. The molecular formula is C17H17N3O2. The predicted molar refractivity (Wildman–Crippen MR) is 86.6 cm³/mol. The second kappa shape index (κ2) is 5.60. The van der Waals surface area contributed by atoms with E-state index in [0.717, 1.165) is 11.3 Å². The minimum absolute atomic E-state index is 0.0180. The molecule has 3 rings (SSSR count). The van der Waals surface area contributed by atoms with Gasteiger partial charge in [0.15, 0.2) is 11.3 Å². The van der Waals surface area contributed by atoms with Crippen molar-refractivity contribution in [1.82, 2.24) is 14.9 Å². The molecule has 2 heterocycles. The Kier molecular flexibility index (Phi) is 3.63. The van der Waals surface area contributed by atoms with Crippen LogP contribution < -0.4 is 5.56 Å². The molecule has 0 fully saturated rings. The van der Waals surface area contributed by atoms with Crippen LogP contribution in [0.5, 0.6) is 0 Å². The van der Waals surface area contributed by atoms with Crippen molar-refractivity contribution in [3.8, 4) is 0 Å². The van der Waals surface area contributed by atoms with E-state index >= 15 is 0 Å². The highest BCUT2D eigenvalue weighted by Gasteiger charge is 2.17. The molecule has 0 amide bonds. The number of rotatable bonds is 3. The van der Waals surface area contributed by atoms with Crippen molar-refractivity contribution in [2.75, 3.05) is 0 Å². The van der Waals surface area contributed by atoms with Gasteiger partial charge in [-0.2, -0.15) is 5.10 Å². The van der Waals surface area contributed by atoms with Crippen molar-refractivity contribution in [2.24, 2.45) is 0 Å². The maximum Gasteiger partial charge on any atom is 0.297 e. The van der Waals surface area contributed by atoms with Gasteiger partial charge in [-0.1, -0.05) is 41.6 Å². The highest BCUT2D eigenvalue weighted by atomic mass is 16.5. The van der Waals surface area contributed by atoms with Crippen LogP contribution in [0.25, 0.3) is 23.1 Å². The zero-order chi connectivity index (χ0) is 15.7. The summed E-state index contributed by atoms with van der Waals surface area (Å²) in [6.07, 6.45) is 3.74. The molecule has 0 aliphatic rings. The van der Waals surface area contributed by atoms with Crippen LogP contribution >= 0.6 is 0 Å². The molecule has 0 atom stereocenters. The van der Waals surface area contributed by atoms with Crippen molar-refractivity contribution in [3.63, 3.8) is 0 Å². The number of benzene rings is 1. The fourth-order valence-electron chi connectivity index (χ4n) is 2.36. The van der Waals surface area contributed by atoms with Crippen LogP contribution in [-0.4, -0.2) is 14.9 Å². The Hall–Kier alpha value is -2.69. The molecule has 2 aromatic heterocycles. The van der Waals surface area contributed by atoms with Gasteiger partial charge in [-0.3, -0.25) is 4.79 Å². The van der Waals surface area contributed by atoms with E-state index in [1.165, 1.54) is 4.68 Å².